The molecule has 0 spiro atoms. The van der Waals surface area contributed by atoms with Crippen molar-refractivity contribution in [2.75, 3.05) is 5.73 Å². The molecule has 3 aromatic rings. The number of nitrogens with zero attached hydrogens (tertiary/aromatic N) is 5. The fourth-order valence-electron chi connectivity index (χ4n) is 1.69. The van der Waals surface area contributed by atoms with Gasteiger partial charge in [-0.2, -0.15) is 4.68 Å². The molecule has 3 rings (SSSR count). The van der Waals surface area contributed by atoms with E-state index in [0.717, 1.165) is 11.4 Å². The molecule has 0 bridgehead atoms. The van der Waals surface area contributed by atoms with Crippen LogP contribution in [0.15, 0.2) is 52.6 Å². The number of pyridine rings is 1. The number of tetrazole rings is 1. The average molecular weight is 284 g/mol. The summed E-state index contributed by atoms with van der Waals surface area (Å²) in [6, 6.07) is 13.4. The molecule has 2 N–H and O–H groups in total. The Balaban J connectivity index is 1.97. The third kappa shape index (κ3) is 2.48. The molecule has 0 amide bonds. The Morgan fingerprint density at radius 1 is 1.10 bits per heavy atom. The highest BCUT2D eigenvalue weighted by atomic mass is 32.2. The van der Waals surface area contributed by atoms with Gasteiger partial charge in [0, 0.05) is 5.69 Å². The normalized spacial score (nSPS) is 10.7. The molecule has 0 aliphatic rings. The largest absolute Gasteiger partial charge is 0.397 e. The van der Waals surface area contributed by atoms with Crippen LogP contribution in [0.4, 0.5) is 5.69 Å². The Bertz CT molecular complexity index is 725. The molecule has 0 radical (unpaired) electrons. The third-order valence-corrected chi connectivity index (χ3v) is 3.62. The van der Waals surface area contributed by atoms with Gasteiger partial charge in [-0.3, -0.25) is 0 Å². The predicted octanol–water partition coefficient (Wildman–Crippen LogP) is 2.10. The molecule has 0 aliphatic carbocycles. The van der Waals surface area contributed by atoms with E-state index in [1.165, 1.54) is 11.8 Å². The number of benzene rings is 1. The second-order valence-corrected chi connectivity index (χ2v) is 5.11. The van der Waals surface area contributed by atoms with Crippen LogP contribution >= 0.6 is 11.8 Å². The van der Waals surface area contributed by atoms with E-state index in [-0.39, 0.29) is 0 Å². The van der Waals surface area contributed by atoms with Gasteiger partial charge in [0.2, 0.25) is 5.16 Å². The van der Waals surface area contributed by atoms with E-state index in [4.69, 9.17) is 5.73 Å². The molecule has 0 fully saturated rings. The summed E-state index contributed by atoms with van der Waals surface area (Å²) in [6.07, 6.45) is 0. The predicted molar refractivity (Wildman–Crippen MR) is 76.7 cm³/mol. The summed E-state index contributed by atoms with van der Waals surface area (Å²) >= 11 is 1.35. The minimum Gasteiger partial charge on any atom is -0.397 e. The number of nitrogen functional groups attached to an aromatic ring is 1. The van der Waals surface area contributed by atoms with Gasteiger partial charge in [0.15, 0.2) is 0 Å². The molecule has 0 saturated carbocycles. The van der Waals surface area contributed by atoms with Crippen LogP contribution < -0.4 is 5.73 Å². The van der Waals surface area contributed by atoms with E-state index in [2.05, 4.69) is 20.5 Å². The van der Waals surface area contributed by atoms with Crippen molar-refractivity contribution in [1.29, 1.82) is 0 Å². The van der Waals surface area contributed by atoms with E-state index in [1.54, 1.807) is 4.68 Å². The summed E-state index contributed by atoms with van der Waals surface area (Å²) in [5.41, 5.74) is 8.35. The lowest BCUT2D eigenvalue weighted by Crippen LogP contribution is -2.00. The molecule has 7 heteroatoms. The summed E-state index contributed by atoms with van der Waals surface area (Å²) in [4.78, 5) is 4.41. The highest BCUT2D eigenvalue weighted by molar-refractivity contribution is 7.99. The van der Waals surface area contributed by atoms with Crippen LogP contribution in [0.1, 0.15) is 5.69 Å². The first-order valence-corrected chi connectivity index (χ1v) is 6.80. The average Bonchev–Trinajstić information content (AvgIpc) is 2.92. The first-order chi connectivity index (χ1) is 9.74. The number of hydrogen-bond donors (Lipinski definition) is 1. The number of rotatable bonds is 3. The molecule has 1 aromatic carbocycles. The number of anilines is 1. The topological polar surface area (TPSA) is 82.5 Å². The number of aryl methyl sites for hydroxylation is 1. The van der Waals surface area contributed by atoms with Crippen molar-refractivity contribution in [1.82, 2.24) is 25.2 Å². The minimum absolute atomic E-state index is 0.614. The fourth-order valence-corrected chi connectivity index (χ4v) is 2.54. The number of nitrogens with two attached hydrogens (primary N) is 1. The summed E-state index contributed by atoms with van der Waals surface area (Å²) in [6.45, 7) is 1.92. The molecular formula is C13H12N6S. The second-order valence-electron chi connectivity index (χ2n) is 4.16. The molecule has 0 saturated heterocycles. The van der Waals surface area contributed by atoms with Crippen LogP contribution in [0.25, 0.3) is 5.69 Å². The zero-order chi connectivity index (χ0) is 13.9. The zero-order valence-electron chi connectivity index (χ0n) is 10.8. The smallest absolute Gasteiger partial charge is 0.220 e. The van der Waals surface area contributed by atoms with Gasteiger partial charge in [0.25, 0.3) is 0 Å². The van der Waals surface area contributed by atoms with Crippen LogP contribution in [-0.4, -0.2) is 25.2 Å². The van der Waals surface area contributed by atoms with Crippen molar-refractivity contribution in [3.8, 4) is 5.69 Å². The van der Waals surface area contributed by atoms with Crippen LogP contribution in [0.2, 0.25) is 0 Å². The van der Waals surface area contributed by atoms with Gasteiger partial charge >= 0.3 is 0 Å². The molecule has 20 heavy (non-hydrogen) atoms. The van der Waals surface area contributed by atoms with Crippen molar-refractivity contribution in [3.05, 3.63) is 48.2 Å². The van der Waals surface area contributed by atoms with Gasteiger partial charge in [-0.1, -0.05) is 18.2 Å². The maximum Gasteiger partial charge on any atom is 0.220 e. The Morgan fingerprint density at radius 3 is 2.70 bits per heavy atom. The van der Waals surface area contributed by atoms with Gasteiger partial charge in [0.05, 0.1) is 11.4 Å². The van der Waals surface area contributed by atoms with Crippen LogP contribution in [-0.2, 0) is 0 Å². The van der Waals surface area contributed by atoms with Gasteiger partial charge in [-0.05, 0) is 53.4 Å². The number of hydrogen-bond acceptors (Lipinski definition) is 6. The first kappa shape index (κ1) is 12.6. The second kappa shape index (κ2) is 5.30. The lowest BCUT2D eigenvalue weighted by Gasteiger charge is -2.06. The van der Waals surface area contributed by atoms with Gasteiger partial charge in [-0.25, -0.2) is 4.98 Å². The van der Waals surface area contributed by atoms with E-state index in [9.17, 15) is 0 Å². The highest BCUT2D eigenvalue weighted by Gasteiger charge is 2.12. The summed E-state index contributed by atoms with van der Waals surface area (Å²) in [7, 11) is 0. The molecular weight excluding hydrogens is 272 g/mol. The maximum absolute atomic E-state index is 5.93. The maximum atomic E-state index is 5.93. The Labute approximate surface area is 120 Å². The lowest BCUT2D eigenvalue weighted by molar-refractivity contribution is 0.756. The number of para-hydroxylation sites is 1. The molecule has 6 nitrogen and oxygen atoms in total. The molecule has 0 unspecified atom stereocenters. The van der Waals surface area contributed by atoms with Crippen LogP contribution in [0.3, 0.4) is 0 Å². The Kier molecular flexibility index (Phi) is 3.34. The van der Waals surface area contributed by atoms with Crippen LogP contribution in [0.5, 0.6) is 0 Å². The standard InChI is InChI=1S/C13H12N6S/c1-9-7-8-11(14)12(15-9)20-13-16-17-18-19(13)10-5-3-2-4-6-10/h2-8H,14H2,1H3. The van der Waals surface area contributed by atoms with Crippen molar-refractivity contribution < 1.29 is 0 Å². The molecule has 2 heterocycles. The summed E-state index contributed by atoms with van der Waals surface area (Å²) in [5, 5.41) is 13.1. The molecule has 0 aliphatic heterocycles. The van der Waals surface area contributed by atoms with Crippen LogP contribution in [0, 0.1) is 6.92 Å². The van der Waals surface area contributed by atoms with E-state index in [1.807, 2.05) is 49.4 Å². The molecule has 100 valence electrons. The van der Waals surface area contributed by atoms with Crippen molar-refractivity contribution >= 4 is 17.4 Å². The molecule has 2 aromatic heterocycles. The van der Waals surface area contributed by atoms with Gasteiger partial charge in [-0.15, -0.1) is 5.10 Å². The number of aromatic nitrogens is 5. The monoisotopic (exact) mass is 284 g/mol. The van der Waals surface area contributed by atoms with E-state index >= 15 is 0 Å². The minimum atomic E-state index is 0.614. The highest BCUT2D eigenvalue weighted by Crippen LogP contribution is 2.29. The Morgan fingerprint density at radius 2 is 1.90 bits per heavy atom. The van der Waals surface area contributed by atoms with Crippen molar-refractivity contribution in [3.63, 3.8) is 0 Å². The lowest BCUT2D eigenvalue weighted by atomic mass is 10.3. The fraction of sp³-hybridized carbons (Fsp3) is 0.0769. The van der Waals surface area contributed by atoms with Crippen molar-refractivity contribution in [2.24, 2.45) is 0 Å². The first-order valence-electron chi connectivity index (χ1n) is 5.99. The summed E-state index contributed by atoms with van der Waals surface area (Å²) < 4.78 is 1.66. The Hall–Kier alpha value is -2.41. The van der Waals surface area contributed by atoms with E-state index in [0.29, 0.717) is 15.9 Å². The summed E-state index contributed by atoms with van der Waals surface area (Å²) in [5.74, 6) is 0. The quantitative estimate of drug-likeness (QED) is 0.793. The third-order valence-electron chi connectivity index (χ3n) is 2.66. The molecule has 0 atom stereocenters. The van der Waals surface area contributed by atoms with Gasteiger partial charge < -0.3 is 5.73 Å². The zero-order valence-corrected chi connectivity index (χ0v) is 11.6. The SMILES string of the molecule is Cc1ccc(N)c(Sc2nnnn2-c2ccccc2)n1. The van der Waals surface area contributed by atoms with E-state index < -0.39 is 0 Å². The van der Waals surface area contributed by atoms with Crippen molar-refractivity contribution in [2.45, 2.75) is 17.1 Å². The van der Waals surface area contributed by atoms with Gasteiger partial charge in [0.1, 0.15) is 5.03 Å².